The van der Waals surface area contributed by atoms with Gasteiger partial charge in [-0.25, -0.2) is 9.59 Å². The second-order valence-electron chi connectivity index (χ2n) is 15.3. The molecule has 11 heteroatoms. The first-order chi connectivity index (χ1) is 28.4. The van der Waals surface area contributed by atoms with Crippen LogP contribution in [0, 0.1) is 23.7 Å². The molecule has 1 aliphatic carbocycles. The van der Waals surface area contributed by atoms with Crippen LogP contribution in [-0.4, -0.2) is 75.2 Å². The van der Waals surface area contributed by atoms with E-state index in [1.54, 1.807) is 23.6 Å². The lowest BCUT2D eigenvalue weighted by Crippen LogP contribution is -2.63. The minimum absolute atomic E-state index is 0.193. The highest BCUT2D eigenvalue weighted by Gasteiger charge is 2.60. The quantitative estimate of drug-likeness (QED) is 0.0879. The van der Waals surface area contributed by atoms with Crippen LogP contribution in [0.2, 0.25) is 0 Å². The Balaban J connectivity index is 1.46. The van der Waals surface area contributed by atoms with E-state index < -0.39 is 40.5 Å². The average Bonchev–Trinajstić information content (AvgIpc) is 3.23. The van der Waals surface area contributed by atoms with E-state index in [0.29, 0.717) is 48.9 Å². The molecular weight excluding hydrogens is 747 g/mol. The molecule has 0 aliphatic heterocycles. The lowest BCUT2D eigenvalue weighted by atomic mass is 9.53. The van der Waals surface area contributed by atoms with E-state index in [0.717, 1.165) is 11.1 Å². The number of carbonyl (C=O) groups is 5. The third kappa shape index (κ3) is 10.8. The molecule has 0 bridgehead atoms. The topological polar surface area (TPSA) is 131 Å². The molecule has 4 aromatic rings. The molecule has 1 N–H and O–H groups in total. The SMILES string of the molecule is CCCN(Cc1ccc(Oc2ccccc2)cc1)C(=O)C1C(CC(=O)O)C(CC(=O)[N+](CC)(CC)C(C)=O)C1C(=O)N(CCC)Cc1ccc(Oc2ccccc2)cc1. The highest BCUT2D eigenvalue weighted by molar-refractivity contribution is 5.92. The van der Waals surface area contributed by atoms with Gasteiger partial charge in [0.25, 0.3) is 0 Å². The van der Waals surface area contributed by atoms with Crippen molar-refractivity contribution in [2.45, 2.75) is 73.4 Å². The third-order valence-corrected chi connectivity index (χ3v) is 11.6. The molecule has 312 valence electrons. The van der Waals surface area contributed by atoms with Crippen LogP contribution in [0.3, 0.4) is 0 Å². The monoisotopic (exact) mass is 804 g/mol. The Morgan fingerprint density at radius 2 is 0.932 bits per heavy atom. The summed E-state index contributed by atoms with van der Waals surface area (Å²) in [4.78, 5) is 73.0. The Kier molecular flexibility index (Phi) is 15.6. The zero-order valence-electron chi connectivity index (χ0n) is 34.9. The van der Waals surface area contributed by atoms with Crippen LogP contribution in [-0.2, 0) is 37.1 Å². The predicted octanol–water partition coefficient (Wildman–Crippen LogP) is 8.72. The summed E-state index contributed by atoms with van der Waals surface area (Å²) in [6.45, 7) is 10.6. The number of para-hydroxylation sites is 2. The summed E-state index contributed by atoms with van der Waals surface area (Å²) in [5.74, 6) is -3.24. The van der Waals surface area contributed by atoms with E-state index in [1.807, 2.05) is 123 Å². The van der Waals surface area contributed by atoms with Crippen LogP contribution < -0.4 is 9.47 Å². The van der Waals surface area contributed by atoms with Crippen LogP contribution in [0.4, 0.5) is 0 Å². The third-order valence-electron chi connectivity index (χ3n) is 11.6. The minimum Gasteiger partial charge on any atom is -0.481 e. The predicted molar refractivity (Wildman–Crippen MR) is 225 cm³/mol. The fourth-order valence-electron chi connectivity index (χ4n) is 8.44. The van der Waals surface area contributed by atoms with Gasteiger partial charge in [-0.15, -0.1) is 0 Å². The molecule has 0 spiro atoms. The fraction of sp³-hybridized carbons (Fsp3) is 0.396. The standard InChI is InChI=1S/C48H57N3O8/c1-6-28-49(32-35-20-24-39(25-21-35)58-37-16-12-10-13-17-37)47(56)45-41(30-43(53)51(8-3,9-4)34(5)52)42(31-44(54)55)46(45)48(57)50(29-7-2)33-36-22-26-40(27-23-36)59-38-18-14-11-15-19-38/h10-27,41-42,45-46H,6-9,28-33H2,1-5H3/p+1. The molecular formula is C48H58N3O8+. The van der Waals surface area contributed by atoms with Gasteiger partial charge in [0.15, 0.2) is 0 Å². The van der Waals surface area contributed by atoms with Crippen molar-refractivity contribution in [3.05, 3.63) is 120 Å². The number of amides is 4. The number of carbonyl (C=O) groups excluding carboxylic acids is 4. The van der Waals surface area contributed by atoms with Crippen molar-refractivity contribution in [3.8, 4) is 23.0 Å². The van der Waals surface area contributed by atoms with Crippen molar-refractivity contribution in [2.75, 3.05) is 26.2 Å². The summed E-state index contributed by atoms with van der Waals surface area (Å²) in [5.41, 5.74) is 1.69. The lowest BCUT2D eigenvalue weighted by Gasteiger charge is -2.52. The number of nitrogens with zero attached hydrogens (tertiary/aromatic N) is 3. The van der Waals surface area contributed by atoms with Crippen molar-refractivity contribution in [1.82, 2.24) is 9.80 Å². The van der Waals surface area contributed by atoms with Crippen molar-refractivity contribution >= 4 is 29.6 Å². The van der Waals surface area contributed by atoms with Gasteiger partial charge in [0.2, 0.25) is 11.8 Å². The number of carboxylic acids is 1. The first-order valence-electron chi connectivity index (χ1n) is 20.8. The van der Waals surface area contributed by atoms with E-state index in [-0.39, 0.29) is 56.2 Å². The van der Waals surface area contributed by atoms with Crippen molar-refractivity contribution in [2.24, 2.45) is 23.7 Å². The molecule has 4 aromatic carbocycles. The number of quaternary nitrogens is 1. The van der Waals surface area contributed by atoms with Gasteiger partial charge in [-0.2, -0.15) is 4.48 Å². The van der Waals surface area contributed by atoms with Crippen LogP contribution in [0.25, 0.3) is 0 Å². The number of carboxylic acid groups (broad SMARTS) is 1. The molecule has 59 heavy (non-hydrogen) atoms. The molecule has 0 aromatic heterocycles. The summed E-state index contributed by atoms with van der Waals surface area (Å²) in [6, 6.07) is 33.8. The van der Waals surface area contributed by atoms with Gasteiger partial charge in [-0.3, -0.25) is 14.4 Å². The van der Waals surface area contributed by atoms with Gasteiger partial charge in [0, 0.05) is 32.6 Å². The Labute approximate surface area is 348 Å². The maximum Gasteiger partial charge on any atom is 0.321 e. The van der Waals surface area contributed by atoms with E-state index >= 15 is 4.79 Å². The zero-order valence-corrected chi connectivity index (χ0v) is 34.9. The molecule has 5 rings (SSSR count). The summed E-state index contributed by atoms with van der Waals surface area (Å²) in [6.07, 6.45) is 0.686. The maximum atomic E-state index is 15.0. The fourth-order valence-corrected chi connectivity index (χ4v) is 8.44. The molecule has 1 aliphatic rings. The Morgan fingerprint density at radius 3 is 1.27 bits per heavy atom. The average molecular weight is 805 g/mol. The number of imide groups is 1. The molecule has 1 saturated carbocycles. The number of hydrogen-bond acceptors (Lipinski definition) is 7. The first-order valence-corrected chi connectivity index (χ1v) is 20.8. The van der Waals surface area contributed by atoms with Gasteiger partial charge in [0.05, 0.1) is 38.3 Å². The van der Waals surface area contributed by atoms with E-state index in [9.17, 15) is 24.3 Å². The summed E-state index contributed by atoms with van der Waals surface area (Å²) < 4.78 is 11.5. The van der Waals surface area contributed by atoms with Crippen LogP contribution >= 0.6 is 0 Å². The lowest BCUT2D eigenvalue weighted by molar-refractivity contribution is -0.775. The van der Waals surface area contributed by atoms with Crippen molar-refractivity contribution in [3.63, 3.8) is 0 Å². The second kappa shape index (κ2) is 20.7. The Hall–Kier alpha value is -5.81. The van der Waals surface area contributed by atoms with Crippen LogP contribution in [0.5, 0.6) is 23.0 Å². The maximum absolute atomic E-state index is 15.0. The normalized spacial score (nSPS) is 17.3. The van der Waals surface area contributed by atoms with E-state index in [1.165, 1.54) is 6.92 Å². The number of rotatable bonds is 20. The molecule has 4 atom stereocenters. The largest absolute Gasteiger partial charge is 0.481 e. The molecule has 1 fully saturated rings. The van der Waals surface area contributed by atoms with Crippen LogP contribution in [0.15, 0.2) is 109 Å². The Bertz CT molecular complexity index is 2020. The number of ether oxygens (including phenoxy) is 2. The van der Waals surface area contributed by atoms with Gasteiger partial charge < -0.3 is 24.4 Å². The highest BCUT2D eigenvalue weighted by atomic mass is 16.5. The summed E-state index contributed by atoms with van der Waals surface area (Å²) in [7, 11) is 0. The second-order valence-corrected chi connectivity index (χ2v) is 15.3. The van der Waals surface area contributed by atoms with Gasteiger partial charge in [-0.1, -0.05) is 74.5 Å². The van der Waals surface area contributed by atoms with Gasteiger partial charge in [-0.05, 0) is 98.2 Å². The highest BCUT2D eigenvalue weighted by Crippen LogP contribution is 2.52. The molecule has 11 nitrogen and oxygen atoms in total. The van der Waals surface area contributed by atoms with Crippen molar-refractivity contribution in [1.29, 1.82) is 0 Å². The molecule has 0 radical (unpaired) electrons. The van der Waals surface area contributed by atoms with Crippen LogP contribution in [0.1, 0.15) is 71.4 Å². The number of aliphatic carboxylic acids is 1. The zero-order chi connectivity index (χ0) is 42.5. The molecule has 4 amide bonds. The van der Waals surface area contributed by atoms with E-state index in [4.69, 9.17) is 9.47 Å². The molecule has 4 unspecified atom stereocenters. The summed E-state index contributed by atoms with van der Waals surface area (Å²) in [5, 5.41) is 10.2. The van der Waals surface area contributed by atoms with Gasteiger partial charge >= 0.3 is 17.8 Å². The summed E-state index contributed by atoms with van der Waals surface area (Å²) >= 11 is 0. The minimum atomic E-state index is -1.12. The number of benzene rings is 4. The number of hydrogen-bond donors (Lipinski definition) is 1. The molecule has 0 saturated heterocycles. The Morgan fingerprint density at radius 1 is 0.559 bits per heavy atom. The first kappa shape index (κ1) is 44.3. The smallest absolute Gasteiger partial charge is 0.321 e. The van der Waals surface area contributed by atoms with Crippen molar-refractivity contribution < 1.29 is 43.0 Å². The molecule has 0 heterocycles. The van der Waals surface area contributed by atoms with E-state index in [2.05, 4.69) is 0 Å². The van der Waals surface area contributed by atoms with Gasteiger partial charge in [0.1, 0.15) is 23.0 Å².